The van der Waals surface area contributed by atoms with Gasteiger partial charge in [-0.05, 0) is 73.6 Å². The lowest BCUT2D eigenvalue weighted by atomic mass is 10.0. The van der Waals surface area contributed by atoms with E-state index in [2.05, 4.69) is 24.5 Å². The Morgan fingerprint density at radius 1 is 0.479 bits per heavy atom. The molecule has 0 unspecified atom stereocenters. The van der Waals surface area contributed by atoms with Crippen molar-refractivity contribution in [1.29, 1.82) is 0 Å². The fraction of sp³-hybridized carbons (Fsp3) is 0.898. The minimum absolute atomic E-state index is 0.0107. The molecule has 0 heterocycles. The van der Waals surface area contributed by atoms with Gasteiger partial charge in [-0.25, -0.2) is 4.79 Å². The van der Waals surface area contributed by atoms with E-state index in [1.807, 2.05) is 0 Å². The van der Waals surface area contributed by atoms with Crippen molar-refractivity contribution in [1.82, 2.24) is 10.6 Å². The van der Waals surface area contributed by atoms with E-state index in [1.54, 1.807) is 41.5 Å². The van der Waals surface area contributed by atoms with Crippen molar-refractivity contribution in [3.8, 4) is 0 Å². The van der Waals surface area contributed by atoms with Crippen LogP contribution < -0.4 is 16.4 Å². The average molecular weight is 1050 g/mol. The van der Waals surface area contributed by atoms with Crippen LogP contribution >= 0.6 is 11.8 Å². The zero-order chi connectivity index (χ0) is 54.4. The topological polar surface area (TPSA) is 189 Å². The number of rotatable bonds is 49. The number of unbranched alkanes of at least 4 members (excludes halogenated alkanes) is 28. The van der Waals surface area contributed by atoms with Gasteiger partial charge in [0.05, 0.1) is 6.04 Å². The zero-order valence-corrected chi connectivity index (χ0v) is 48.9. The van der Waals surface area contributed by atoms with E-state index < -0.39 is 41.3 Å². The van der Waals surface area contributed by atoms with Crippen molar-refractivity contribution in [2.75, 3.05) is 24.7 Å². The Hall–Kier alpha value is -2.87. The molecule has 73 heavy (non-hydrogen) atoms. The fourth-order valence-electron chi connectivity index (χ4n) is 8.42. The Morgan fingerprint density at radius 2 is 0.890 bits per heavy atom. The lowest BCUT2D eigenvalue weighted by molar-refractivity contribution is -0.160. The van der Waals surface area contributed by atoms with Gasteiger partial charge in [-0.15, -0.1) is 0 Å². The van der Waals surface area contributed by atoms with Gasteiger partial charge in [-0.3, -0.25) is 24.0 Å². The summed E-state index contributed by atoms with van der Waals surface area (Å²) in [6.45, 7) is 15.5. The second-order valence-corrected chi connectivity index (χ2v) is 23.6. The number of thioether (sulfide) groups is 1. The lowest BCUT2D eigenvalue weighted by Gasteiger charge is -2.25. The van der Waals surface area contributed by atoms with E-state index >= 15 is 0 Å². The largest absolute Gasteiger partial charge is 0.462 e. The van der Waals surface area contributed by atoms with E-state index in [0.717, 1.165) is 64.2 Å². The molecule has 0 saturated heterocycles. The Bertz CT molecular complexity index is 1420. The van der Waals surface area contributed by atoms with E-state index in [-0.39, 0.29) is 49.6 Å². The summed E-state index contributed by atoms with van der Waals surface area (Å²) in [7, 11) is 0. The summed E-state index contributed by atoms with van der Waals surface area (Å²) >= 11 is 1.41. The van der Waals surface area contributed by atoms with Gasteiger partial charge in [-0.1, -0.05) is 187 Å². The summed E-state index contributed by atoms with van der Waals surface area (Å²) in [5, 5.41) is 5.67. The third-order valence-corrected chi connectivity index (χ3v) is 13.8. The summed E-state index contributed by atoms with van der Waals surface area (Å²) in [4.78, 5) is 76.4. The first-order valence-corrected chi connectivity index (χ1v) is 30.7. The Balaban J connectivity index is 4.70. The zero-order valence-electron chi connectivity index (χ0n) is 48.1. The second-order valence-electron chi connectivity index (χ2n) is 22.5. The molecule has 0 aliphatic heterocycles. The van der Waals surface area contributed by atoms with Gasteiger partial charge in [0.1, 0.15) is 30.0 Å². The van der Waals surface area contributed by atoms with Gasteiger partial charge in [-0.2, -0.15) is 11.8 Å². The quantitative estimate of drug-likeness (QED) is 0.0297. The number of nitrogens with one attached hydrogen (secondary N) is 2. The maximum absolute atomic E-state index is 12.9. The van der Waals surface area contributed by atoms with Gasteiger partial charge >= 0.3 is 23.9 Å². The molecule has 0 aromatic heterocycles. The highest BCUT2D eigenvalue weighted by Crippen LogP contribution is 2.18. The molecule has 14 heteroatoms. The molecule has 0 radical (unpaired) electrons. The van der Waals surface area contributed by atoms with E-state index in [9.17, 15) is 28.8 Å². The van der Waals surface area contributed by atoms with Crippen molar-refractivity contribution in [2.24, 2.45) is 5.73 Å². The number of hydrogen-bond acceptors (Lipinski definition) is 12. The highest BCUT2D eigenvalue weighted by atomic mass is 32.2. The SMILES string of the molecule is CCCCCCCCCCCCCCCC(=O)OC[C@H](CSC[C@H](N)C(=O)NCCCCCCCC(=O)N[C@@H](CCC(=O)OC(C)(C)C)C(=O)OC(C)(C)C)OC(=O)CCCCCCCCCCCCCCC. The predicted molar refractivity (Wildman–Crippen MR) is 300 cm³/mol. The number of nitrogens with two attached hydrogens (primary N) is 1. The molecule has 0 fully saturated rings. The molecule has 0 aliphatic carbocycles. The highest BCUT2D eigenvalue weighted by molar-refractivity contribution is 7.99. The Labute approximate surface area is 450 Å². The first-order chi connectivity index (χ1) is 34.9. The Kier molecular flexibility index (Phi) is 44.6. The van der Waals surface area contributed by atoms with Crippen LogP contribution in [0.5, 0.6) is 0 Å². The molecule has 0 aliphatic rings. The van der Waals surface area contributed by atoms with Crippen LogP contribution in [0, 0.1) is 0 Å². The van der Waals surface area contributed by atoms with Crippen molar-refractivity contribution < 1.29 is 47.7 Å². The third kappa shape index (κ3) is 48.5. The first-order valence-electron chi connectivity index (χ1n) is 29.6. The number of carbonyl (C=O) groups is 6. The molecule has 4 N–H and O–H groups in total. The molecule has 13 nitrogen and oxygen atoms in total. The minimum Gasteiger partial charge on any atom is -0.462 e. The molecule has 0 bridgehead atoms. The number of esters is 4. The summed E-state index contributed by atoms with van der Waals surface area (Å²) in [5.41, 5.74) is 4.87. The molecule has 0 aromatic rings. The summed E-state index contributed by atoms with van der Waals surface area (Å²) < 4.78 is 22.3. The van der Waals surface area contributed by atoms with Crippen molar-refractivity contribution >= 4 is 47.5 Å². The standard InChI is InChI=1S/C59H111N3O10S/c1-9-11-13-15-17-19-21-23-25-27-29-33-37-41-53(64)69-46-49(70-54(65)42-38-34-30-28-26-24-22-20-18-16-14-12-10-2)47-73-48-50(60)56(67)61-45-39-35-31-32-36-40-52(63)62-51(57(68)72-59(6,7)8)43-44-55(66)71-58(3,4)5/h49-51H,9-48,60H2,1-8H3,(H,61,67)(H,62,63)/t49-,50+,51+/m1/s1. The average Bonchev–Trinajstić information content (AvgIpc) is 3.31. The maximum atomic E-state index is 12.9. The molecular weight excluding hydrogens is 943 g/mol. The number of hydrogen-bond donors (Lipinski definition) is 3. The molecule has 0 aromatic carbocycles. The minimum atomic E-state index is -0.955. The fourth-order valence-corrected chi connectivity index (χ4v) is 9.39. The van der Waals surface area contributed by atoms with E-state index in [4.69, 9.17) is 24.7 Å². The maximum Gasteiger partial charge on any atom is 0.329 e. The van der Waals surface area contributed by atoms with Gasteiger partial charge in [0, 0.05) is 43.7 Å². The van der Waals surface area contributed by atoms with Crippen LogP contribution in [0.3, 0.4) is 0 Å². The van der Waals surface area contributed by atoms with Gasteiger partial charge in [0.15, 0.2) is 0 Å². The van der Waals surface area contributed by atoms with Crippen LogP contribution in [0.2, 0.25) is 0 Å². The van der Waals surface area contributed by atoms with Crippen molar-refractivity contribution in [3.63, 3.8) is 0 Å². The molecule has 0 rings (SSSR count). The van der Waals surface area contributed by atoms with E-state index in [0.29, 0.717) is 37.3 Å². The van der Waals surface area contributed by atoms with E-state index in [1.165, 1.54) is 140 Å². The lowest BCUT2D eigenvalue weighted by Crippen LogP contribution is -2.44. The van der Waals surface area contributed by atoms with Crippen molar-refractivity contribution in [3.05, 3.63) is 0 Å². The van der Waals surface area contributed by atoms with Crippen LogP contribution in [0.1, 0.15) is 287 Å². The summed E-state index contributed by atoms with van der Waals surface area (Å²) in [5.74, 6) is -1.44. The second kappa shape index (κ2) is 46.4. The predicted octanol–water partition coefficient (Wildman–Crippen LogP) is 13.9. The van der Waals surface area contributed by atoms with Crippen LogP contribution in [0.4, 0.5) is 0 Å². The van der Waals surface area contributed by atoms with Crippen molar-refractivity contribution in [2.45, 2.75) is 316 Å². The Morgan fingerprint density at radius 3 is 1.34 bits per heavy atom. The highest BCUT2D eigenvalue weighted by Gasteiger charge is 2.28. The molecular formula is C59H111N3O10S. The number of ether oxygens (including phenoxy) is 4. The smallest absolute Gasteiger partial charge is 0.329 e. The molecule has 428 valence electrons. The van der Waals surface area contributed by atoms with Gasteiger partial charge < -0.3 is 35.3 Å². The number of amides is 2. The molecule has 0 saturated carbocycles. The summed E-state index contributed by atoms with van der Waals surface area (Å²) in [6, 6.07) is -1.71. The monoisotopic (exact) mass is 1050 g/mol. The normalized spacial score (nSPS) is 12.9. The van der Waals surface area contributed by atoms with Gasteiger partial charge in [0.2, 0.25) is 11.8 Å². The van der Waals surface area contributed by atoms with Crippen LogP contribution in [-0.2, 0) is 47.7 Å². The van der Waals surface area contributed by atoms with Gasteiger partial charge in [0.25, 0.3) is 0 Å². The molecule has 3 atom stereocenters. The van der Waals surface area contributed by atoms with Crippen LogP contribution in [-0.4, -0.2) is 89.7 Å². The molecule has 0 spiro atoms. The summed E-state index contributed by atoms with van der Waals surface area (Å²) in [6.07, 6.45) is 36.3. The first kappa shape index (κ1) is 70.1. The number of carbonyl (C=O) groups excluding carboxylic acids is 6. The van der Waals surface area contributed by atoms with Crippen LogP contribution in [0.15, 0.2) is 0 Å². The van der Waals surface area contributed by atoms with Crippen LogP contribution in [0.25, 0.3) is 0 Å². The molecule has 2 amide bonds. The third-order valence-electron chi connectivity index (χ3n) is 12.6.